The largest absolute Gasteiger partial charge is 0.493 e. The van der Waals surface area contributed by atoms with Gasteiger partial charge in [-0.3, -0.25) is 9.69 Å². The van der Waals surface area contributed by atoms with Crippen LogP contribution in [-0.4, -0.2) is 54.8 Å². The van der Waals surface area contributed by atoms with Crippen LogP contribution in [0.25, 0.3) is 11.1 Å². The van der Waals surface area contributed by atoms with Crippen LogP contribution in [0.15, 0.2) is 42.5 Å². The summed E-state index contributed by atoms with van der Waals surface area (Å²) >= 11 is 0. The first kappa shape index (κ1) is 26.3. The maximum Gasteiger partial charge on any atom is 0.411 e. The third kappa shape index (κ3) is 5.82. The second kappa shape index (κ2) is 10.7. The van der Waals surface area contributed by atoms with Crippen LogP contribution >= 0.6 is 0 Å². The molecule has 0 unspecified atom stereocenters. The maximum absolute atomic E-state index is 13.3. The molecule has 0 radical (unpaired) electrons. The van der Waals surface area contributed by atoms with Crippen molar-refractivity contribution in [3.8, 4) is 28.7 Å². The Hall–Kier alpha value is -3.73. The van der Waals surface area contributed by atoms with E-state index >= 15 is 0 Å². The second-order valence-corrected chi connectivity index (χ2v) is 10.7. The number of ether oxygens (including phenoxy) is 3. The smallest absolute Gasteiger partial charge is 0.411 e. The minimum absolute atomic E-state index is 0.0141. The number of nitrogens with one attached hydrogen (secondary N) is 1. The van der Waals surface area contributed by atoms with Gasteiger partial charge in [-0.25, -0.2) is 4.79 Å². The highest BCUT2D eigenvalue weighted by molar-refractivity contribution is 5.87. The lowest BCUT2D eigenvalue weighted by Crippen LogP contribution is -2.55. The van der Waals surface area contributed by atoms with Gasteiger partial charge in [0.05, 0.1) is 20.3 Å². The van der Waals surface area contributed by atoms with Gasteiger partial charge in [-0.1, -0.05) is 30.3 Å². The van der Waals surface area contributed by atoms with Gasteiger partial charge in [0.15, 0.2) is 11.5 Å². The van der Waals surface area contributed by atoms with Crippen molar-refractivity contribution in [1.29, 1.82) is 5.26 Å². The predicted octanol–water partition coefficient (Wildman–Crippen LogP) is 4.71. The molecule has 8 nitrogen and oxygen atoms in total. The molecule has 2 aromatic rings. The van der Waals surface area contributed by atoms with E-state index in [9.17, 15) is 14.9 Å². The van der Waals surface area contributed by atoms with Crippen LogP contribution < -0.4 is 14.8 Å². The molecule has 1 N–H and O–H groups in total. The molecule has 1 heterocycles. The van der Waals surface area contributed by atoms with E-state index in [2.05, 4.69) is 11.4 Å². The van der Waals surface area contributed by atoms with E-state index < -0.39 is 23.8 Å². The minimum Gasteiger partial charge on any atom is -0.493 e. The summed E-state index contributed by atoms with van der Waals surface area (Å²) in [5.74, 6) is 1.12. The fraction of sp³-hybridized carbons (Fsp3) is 0.483. The number of nitrogens with zero attached hydrogens (tertiary/aromatic N) is 2. The fourth-order valence-electron chi connectivity index (χ4n) is 5.37. The van der Waals surface area contributed by atoms with Gasteiger partial charge in [-0.15, -0.1) is 0 Å². The van der Waals surface area contributed by atoms with Gasteiger partial charge < -0.3 is 19.5 Å². The van der Waals surface area contributed by atoms with E-state index in [4.69, 9.17) is 14.2 Å². The average molecular weight is 506 g/mol. The van der Waals surface area contributed by atoms with Crippen molar-refractivity contribution in [1.82, 2.24) is 10.2 Å². The molecule has 4 rings (SSSR count). The highest BCUT2D eigenvalue weighted by Crippen LogP contribution is 2.43. The van der Waals surface area contributed by atoms with Crippen LogP contribution in [0.2, 0.25) is 0 Å². The number of hydrogen-bond acceptors (Lipinski definition) is 6. The topological polar surface area (TPSA) is 101 Å². The van der Waals surface area contributed by atoms with Gasteiger partial charge in [0.1, 0.15) is 17.7 Å². The Bertz CT molecular complexity index is 1180. The number of rotatable bonds is 7. The summed E-state index contributed by atoms with van der Waals surface area (Å²) in [6.45, 7) is 5.45. The second-order valence-electron chi connectivity index (χ2n) is 10.7. The monoisotopic (exact) mass is 505 g/mol. The molecule has 0 aromatic heterocycles. The van der Waals surface area contributed by atoms with Crippen molar-refractivity contribution < 1.29 is 23.8 Å². The number of benzene rings is 2. The van der Waals surface area contributed by atoms with E-state index in [1.807, 2.05) is 63.2 Å². The number of nitriles is 1. The Morgan fingerprint density at radius 2 is 1.73 bits per heavy atom. The van der Waals surface area contributed by atoms with Crippen molar-refractivity contribution in [2.24, 2.45) is 5.92 Å². The standard InChI is InChI=1S/C29H35N3O5/c1-29(2,3)37-28(34)32-23-12-10-21(15-23)26(32)27(33)31-22(17-30)14-18-6-8-19(9-7-18)20-11-13-24(35-4)25(16-20)36-5/h6-9,11,13,16,21-23,26H,10,12,14-15H2,1-5H3,(H,31,33)/t21-,22-,23+,26-/m0/s1. The number of carbonyl (C=O) groups excluding carboxylic acids is 2. The molecule has 1 aliphatic heterocycles. The number of likely N-dealkylation sites (tertiary alicyclic amines) is 1. The van der Waals surface area contributed by atoms with Crippen molar-refractivity contribution in [2.75, 3.05) is 14.2 Å². The number of methoxy groups -OCH3 is 2. The fourth-order valence-corrected chi connectivity index (χ4v) is 5.37. The molecule has 1 saturated carbocycles. The molecular weight excluding hydrogens is 470 g/mol. The first-order valence-electron chi connectivity index (χ1n) is 12.7. The van der Waals surface area contributed by atoms with E-state index in [-0.39, 0.29) is 17.9 Å². The summed E-state index contributed by atoms with van der Waals surface area (Å²) in [7, 11) is 3.20. The molecule has 0 spiro atoms. The van der Waals surface area contributed by atoms with Gasteiger partial charge in [0, 0.05) is 12.5 Å². The molecule has 37 heavy (non-hydrogen) atoms. The summed E-state index contributed by atoms with van der Waals surface area (Å²) in [6.07, 6.45) is 2.48. The number of carbonyl (C=O) groups is 2. The Kier molecular flexibility index (Phi) is 7.63. The Morgan fingerprint density at radius 1 is 1.05 bits per heavy atom. The third-order valence-electron chi connectivity index (χ3n) is 7.04. The first-order chi connectivity index (χ1) is 17.6. The normalized spacial score (nSPS) is 21.2. The van der Waals surface area contributed by atoms with E-state index in [1.54, 1.807) is 19.1 Å². The molecule has 8 heteroatoms. The van der Waals surface area contributed by atoms with E-state index in [0.717, 1.165) is 36.0 Å². The first-order valence-corrected chi connectivity index (χ1v) is 12.7. The lowest BCUT2D eigenvalue weighted by atomic mass is 9.97. The van der Waals surface area contributed by atoms with Crippen LogP contribution in [0.4, 0.5) is 4.79 Å². The van der Waals surface area contributed by atoms with Crippen molar-refractivity contribution in [3.63, 3.8) is 0 Å². The van der Waals surface area contributed by atoms with Gasteiger partial charge in [-0.05, 0) is 74.8 Å². The zero-order chi connectivity index (χ0) is 26.7. The highest BCUT2D eigenvalue weighted by atomic mass is 16.6. The highest BCUT2D eigenvalue weighted by Gasteiger charge is 2.52. The predicted molar refractivity (Wildman–Crippen MR) is 139 cm³/mol. The van der Waals surface area contributed by atoms with Crippen molar-refractivity contribution in [2.45, 2.75) is 70.2 Å². The zero-order valence-electron chi connectivity index (χ0n) is 22.1. The average Bonchev–Trinajstić information content (AvgIpc) is 3.49. The molecule has 2 aromatic carbocycles. The number of piperidine rings is 1. The lowest BCUT2D eigenvalue weighted by molar-refractivity contribution is -0.128. The van der Waals surface area contributed by atoms with Crippen LogP contribution in [0.1, 0.15) is 45.6 Å². The lowest BCUT2D eigenvalue weighted by Gasteiger charge is -2.35. The van der Waals surface area contributed by atoms with Crippen LogP contribution in [0.5, 0.6) is 11.5 Å². The van der Waals surface area contributed by atoms with Gasteiger partial charge >= 0.3 is 6.09 Å². The molecule has 1 aliphatic carbocycles. The third-order valence-corrected chi connectivity index (χ3v) is 7.04. The number of hydrogen-bond donors (Lipinski definition) is 1. The molecule has 2 fully saturated rings. The molecule has 196 valence electrons. The quantitative estimate of drug-likeness (QED) is 0.585. The molecule has 4 atom stereocenters. The summed E-state index contributed by atoms with van der Waals surface area (Å²) in [6, 6.07) is 14.5. The van der Waals surface area contributed by atoms with Gasteiger partial charge in [0.25, 0.3) is 0 Å². The van der Waals surface area contributed by atoms with Crippen LogP contribution in [-0.2, 0) is 16.0 Å². The maximum atomic E-state index is 13.3. The Morgan fingerprint density at radius 3 is 2.35 bits per heavy atom. The molecule has 2 amide bonds. The summed E-state index contributed by atoms with van der Waals surface area (Å²) < 4.78 is 16.3. The van der Waals surface area contributed by atoms with Crippen molar-refractivity contribution in [3.05, 3.63) is 48.0 Å². The van der Waals surface area contributed by atoms with Crippen LogP contribution in [0.3, 0.4) is 0 Å². The number of amides is 2. The molecule has 1 saturated heterocycles. The zero-order valence-corrected chi connectivity index (χ0v) is 22.1. The van der Waals surface area contributed by atoms with E-state index in [0.29, 0.717) is 17.9 Å². The Labute approximate surface area is 218 Å². The summed E-state index contributed by atoms with van der Waals surface area (Å²) in [5.41, 5.74) is 2.26. The van der Waals surface area contributed by atoms with Crippen LogP contribution in [0, 0.1) is 17.2 Å². The molecule has 2 bridgehead atoms. The molecule has 2 aliphatic rings. The van der Waals surface area contributed by atoms with Crippen molar-refractivity contribution >= 4 is 12.0 Å². The van der Waals surface area contributed by atoms with Gasteiger partial charge in [0.2, 0.25) is 5.91 Å². The van der Waals surface area contributed by atoms with E-state index in [1.165, 1.54) is 0 Å². The van der Waals surface area contributed by atoms with Gasteiger partial charge in [-0.2, -0.15) is 5.26 Å². The summed E-state index contributed by atoms with van der Waals surface area (Å²) in [5, 5.41) is 12.7. The number of fused-ring (bicyclic) bond motifs is 2. The SMILES string of the molecule is COc1ccc(-c2ccc(C[C@@H](C#N)NC(=O)[C@@H]3[C@H]4CC[C@H](C4)N3C(=O)OC(C)(C)C)cc2)cc1OC. The minimum atomic E-state index is -0.709. The Balaban J connectivity index is 1.42. The molecular formula is C29H35N3O5. The summed E-state index contributed by atoms with van der Waals surface area (Å²) in [4.78, 5) is 27.8.